The van der Waals surface area contributed by atoms with Crippen LogP contribution in [-0.2, 0) is 6.42 Å². The van der Waals surface area contributed by atoms with Crippen LogP contribution in [0.1, 0.15) is 11.1 Å². The van der Waals surface area contributed by atoms with Gasteiger partial charge in [-0.05, 0) is 48.9 Å². The van der Waals surface area contributed by atoms with Crippen molar-refractivity contribution in [2.45, 2.75) is 13.3 Å². The maximum atomic E-state index is 5.78. The van der Waals surface area contributed by atoms with Crippen molar-refractivity contribution < 1.29 is 9.47 Å². The molecule has 4 nitrogen and oxygen atoms in total. The summed E-state index contributed by atoms with van der Waals surface area (Å²) < 4.78 is 11.5. The van der Waals surface area contributed by atoms with Gasteiger partial charge >= 0.3 is 0 Å². The van der Waals surface area contributed by atoms with Crippen LogP contribution in [0, 0.1) is 6.92 Å². The van der Waals surface area contributed by atoms with E-state index in [1.54, 1.807) is 0 Å². The molecule has 0 unspecified atom stereocenters. The van der Waals surface area contributed by atoms with E-state index in [0.29, 0.717) is 6.61 Å². The predicted octanol–water partition coefficient (Wildman–Crippen LogP) is 4.13. The third-order valence-corrected chi connectivity index (χ3v) is 3.29. The molecule has 0 fully saturated rings. The highest BCUT2D eigenvalue weighted by atomic mass is 16.5. The van der Waals surface area contributed by atoms with Crippen LogP contribution >= 0.6 is 0 Å². The molecule has 22 heavy (non-hydrogen) atoms. The Kier molecular flexibility index (Phi) is 4.39. The van der Waals surface area contributed by atoms with Crippen LogP contribution in [0.2, 0.25) is 0 Å². The number of benzene rings is 2. The normalized spacial score (nSPS) is 10.4. The second-order valence-corrected chi connectivity index (χ2v) is 5.09. The summed E-state index contributed by atoms with van der Waals surface area (Å²) in [7, 11) is 0. The van der Waals surface area contributed by atoms with E-state index in [1.165, 1.54) is 5.56 Å². The summed E-state index contributed by atoms with van der Waals surface area (Å²) in [5.74, 6) is 2.46. The molecule has 112 valence electrons. The average molecular weight is 294 g/mol. The van der Waals surface area contributed by atoms with Gasteiger partial charge in [-0.2, -0.15) is 5.10 Å². The zero-order chi connectivity index (χ0) is 15.2. The summed E-state index contributed by atoms with van der Waals surface area (Å²) in [4.78, 5) is 0. The summed E-state index contributed by atoms with van der Waals surface area (Å²) in [5, 5.41) is 6.70. The molecule has 4 heteroatoms. The monoisotopic (exact) mass is 294 g/mol. The van der Waals surface area contributed by atoms with Gasteiger partial charge in [-0.25, -0.2) is 0 Å². The highest BCUT2D eigenvalue weighted by Crippen LogP contribution is 2.24. The molecular weight excluding hydrogens is 276 g/mol. The van der Waals surface area contributed by atoms with E-state index in [-0.39, 0.29) is 0 Å². The molecule has 3 aromatic rings. The Labute approximate surface area is 129 Å². The van der Waals surface area contributed by atoms with Crippen LogP contribution in [0.4, 0.5) is 0 Å². The van der Waals surface area contributed by atoms with Crippen molar-refractivity contribution in [2.24, 2.45) is 0 Å². The Morgan fingerprint density at radius 1 is 0.909 bits per heavy atom. The van der Waals surface area contributed by atoms with Gasteiger partial charge in [0.25, 0.3) is 0 Å². The van der Waals surface area contributed by atoms with Crippen LogP contribution < -0.4 is 9.47 Å². The van der Waals surface area contributed by atoms with E-state index >= 15 is 0 Å². The lowest BCUT2D eigenvalue weighted by Gasteiger charge is -2.08. The summed E-state index contributed by atoms with van der Waals surface area (Å²) in [5.41, 5.74) is 2.35. The van der Waals surface area contributed by atoms with Crippen LogP contribution in [0.15, 0.2) is 60.9 Å². The van der Waals surface area contributed by atoms with E-state index in [0.717, 1.165) is 29.2 Å². The molecule has 1 N–H and O–H groups in total. The topological polar surface area (TPSA) is 47.1 Å². The van der Waals surface area contributed by atoms with E-state index in [1.807, 2.05) is 60.9 Å². The number of rotatable bonds is 6. The van der Waals surface area contributed by atoms with E-state index in [9.17, 15) is 0 Å². The third-order valence-electron chi connectivity index (χ3n) is 3.29. The Morgan fingerprint density at radius 2 is 1.55 bits per heavy atom. The van der Waals surface area contributed by atoms with Gasteiger partial charge in [0.05, 0.1) is 12.8 Å². The van der Waals surface area contributed by atoms with Gasteiger partial charge in [0.15, 0.2) is 0 Å². The zero-order valence-electron chi connectivity index (χ0n) is 12.5. The van der Waals surface area contributed by atoms with E-state index in [4.69, 9.17) is 9.47 Å². The van der Waals surface area contributed by atoms with Crippen LogP contribution in [0.5, 0.6) is 17.2 Å². The van der Waals surface area contributed by atoms with Crippen molar-refractivity contribution >= 4 is 0 Å². The smallest absolute Gasteiger partial charge is 0.127 e. The minimum atomic E-state index is 0.623. The number of aromatic amines is 1. The van der Waals surface area contributed by atoms with E-state index in [2.05, 4.69) is 17.1 Å². The molecule has 1 heterocycles. The summed E-state index contributed by atoms with van der Waals surface area (Å²) in [6.07, 6.45) is 4.52. The van der Waals surface area contributed by atoms with Crippen molar-refractivity contribution in [3.63, 3.8) is 0 Å². The second kappa shape index (κ2) is 6.80. The van der Waals surface area contributed by atoms with Crippen molar-refractivity contribution in [1.82, 2.24) is 10.2 Å². The fourth-order valence-electron chi connectivity index (χ4n) is 2.05. The van der Waals surface area contributed by atoms with Gasteiger partial charge in [0.1, 0.15) is 17.2 Å². The quantitative estimate of drug-likeness (QED) is 0.743. The first kappa shape index (κ1) is 14.2. The molecule has 3 rings (SSSR count). The van der Waals surface area contributed by atoms with Crippen molar-refractivity contribution in [3.05, 3.63) is 72.1 Å². The fourth-order valence-corrected chi connectivity index (χ4v) is 2.05. The molecule has 1 aromatic heterocycles. The van der Waals surface area contributed by atoms with E-state index < -0.39 is 0 Å². The molecule has 2 aromatic carbocycles. The molecule has 0 spiro atoms. The summed E-state index contributed by atoms with van der Waals surface area (Å²) >= 11 is 0. The SMILES string of the molecule is Cc1ccc(Oc2ccc(OCCc3cn[nH]c3)cc2)cc1. The average Bonchev–Trinajstić information content (AvgIpc) is 3.05. The third kappa shape index (κ3) is 3.88. The molecule has 0 bridgehead atoms. The summed E-state index contributed by atoms with van der Waals surface area (Å²) in [6, 6.07) is 15.6. The minimum Gasteiger partial charge on any atom is -0.493 e. The Bertz CT molecular complexity index is 689. The van der Waals surface area contributed by atoms with Gasteiger partial charge in [-0.1, -0.05) is 17.7 Å². The highest BCUT2D eigenvalue weighted by Gasteiger charge is 2.00. The highest BCUT2D eigenvalue weighted by molar-refractivity contribution is 5.36. The fraction of sp³-hybridized carbons (Fsp3) is 0.167. The van der Waals surface area contributed by atoms with Gasteiger partial charge < -0.3 is 9.47 Å². The van der Waals surface area contributed by atoms with Crippen molar-refractivity contribution in [3.8, 4) is 17.2 Å². The largest absolute Gasteiger partial charge is 0.493 e. The Morgan fingerprint density at radius 3 is 2.18 bits per heavy atom. The van der Waals surface area contributed by atoms with Crippen molar-refractivity contribution in [1.29, 1.82) is 0 Å². The first-order valence-electron chi connectivity index (χ1n) is 7.25. The Balaban J connectivity index is 1.52. The number of aryl methyl sites for hydroxylation is 1. The number of hydrogen-bond acceptors (Lipinski definition) is 3. The van der Waals surface area contributed by atoms with Gasteiger partial charge in [-0.3, -0.25) is 5.10 Å². The standard InChI is InChI=1S/C18H18N2O2/c1-14-2-4-17(5-3-14)22-18-8-6-16(7-9-18)21-11-10-15-12-19-20-13-15/h2-9,12-13H,10-11H2,1H3,(H,19,20). The van der Waals surface area contributed by atoms with Crippen LogP contribution in [0.25, 0.3) is 0 Å². The van der Waals surface area contributed by atoms with Gasteiger partial charge in [0.2, 0.25) is 0 Å². The molecule has 0 aliphatic rings. The maximum Gasteiger partial charge on any atom is 0.127 e. The van der Waals surface area contributed by atoms with Gasteiger partial charge in [-0.15, -0.1) is 0 Å². The Hall–Kier alpha value is -2.75. The molecule has 0 radical (unpaired) electrons. The predicted molar refractivity (Wildman–Crippen MR) is 85.5 cm³/mol. The number of nitrogens with one attached hydrogen (secondary N) is 1. The van der Waals surface area contributed by atoms with Gasteiger partial charge in [0, 0.05) is 12.6 Å². The second-order valence-electron chi connectivity index (χ2n) is 5.09. The number of H-pyrrole nitrogens is 1. The molecule has 0 atom stereocenters. The number of nitrogens with zero attached hydrogens (tertiary/aromatic N) is 1. The first-order valence-corrected chi connectivity index (χ1v) is 7.25. The lowest BCUT2D eigenvalue weighted by Crippen LogP contribution is -2.00. The molecule has 0 aliphatic heterocycles. The lowest BCUT2D eigenvalue weighted by atomic mass is 10.2. The molecule has 0 amide bonds. The number of aromatic nitrogens is 2. The molecule has 0 aliphatic carbocycles. The summed E-state index contributed by atoms with van der Waals surface area (Å²) in [6.45, 7) is 2.68. The minimum absolute atomic E-state index is 0.623. The van der Waals surface area contributed by atoms with Crippen LogP contribution in [-0.4, -0.2) is 16.8 Å². The van der Waals surface area contributed by atoms with Crippen molar-refractivity contribution in [2.75, 3.05) is 6.61 Å². The first-order chi connectivity index (χ1) is 10.8. The molecular formula is C18H18N2O2. The zero-order valence-corrected chi connectivity index (χ0v) is 12.5. The molecule has 0 saturated carbocycles. The molecule has 0 saturated heterocycles. The maximum absolute atomic E-state index is 5.78. The van der Waals surface area contributed by atoms with Crippen LogP contribution in [0.3, 0.4) is 0 Å². The lowest BCUT2D eigenvalue weighted by molar-refractivity contribution is 0.321. The number of ether oxygens (including phenoxy) is 2. The number of hydrogen-bond donors (Lipinski definition) is 1.